The molecule has 0 rings (SSSR count). The van der Waals surface area contributed by atoms with Gasteiger partial charge < -0.3 is 8.85 Å². The molecule has 0 amide bonds. The van der Waals surface area contributed by atoms with Crippen LogP contribution in [0.2, 0.25) is 6.04 Å². The van der Waals surface area contributed by atoms with Gasteiger partial charge in [-0.05, 0) is 12.3 Å². The molecule has 0 aliphatic heterocycles. The van der Waals surface area contributed by atoms with Crippen LogP contribution in [0.5, 0.6) is 0 Å². The largest absolute Gasteiger partial charge is 0.492 e. The monoisotopic (exact) mass is 203 g/mol. The molecular weight excluding hydrogens is 184 g/mol. The van der Waals surface area contributed by atoms with Gasteiger partial charge in [-0.15, -0.1) is 0 Å². The second kappa shape index (κ2) is 7.09. The normalized spacial score (nSPS) is 10.9. The molecule has 77 valence electrons. The third-order valence-corrected chi connectivity index (χ3v) is 3.49. The van der Waals surface area contributed by atoms with E-state index >= 15 is 0 Å². The summed E-state index contributed by atoms with van der Waals surface area (Å²) in [6, 6.07) is 0.865. The molecule has 0 bridgehead atoms. The van der Waals surface area contributed by atoms with Crippen LogP contribution in [-0.4, -0.2) is 21.9 Å². The second-order valence-electron chi connectivity index (χ2n) is 3.41. The Morgan fingerprint density at radius 2 is 2.08 bits per heavy atom. The Kier molecular flexibility index (Phi) is 6.90. The molecule has 0 heterocycles. The van der Waals surface area contributed by atoms with E-state index in [9.17, 15) is 4.79 Å². The van der Waals surface area contributed by atoms with Crippen LogP contribution in [0.15, 0.2) is 0 Å². The zero-order valence-electron chi connectivity index (χ0n) is 8.92. The Bertz CT molecular complexity index is 148. The van der Waals surface area contributed by atoms with Gasteiger partial charge in [0.2, 0.25) is 0 Å². The maximum atomic E-state index is 10.7. The van der Waals surface area contributed by atoms with Crippen LogP contribution in [0.4, 0.5) is 0 Å². The number of carbonyl (C=O) groups excluding carboxylic acids is 1. The van der Waals surface area contributed by atoms with Gasteiger partial charge in [-0.25, -0.2) is 0 Å². The highest BCUT2D eigenvalue weighted by atomic mass is 28.3. The first kappa shape index (κ1) is 12.6. The lowest BCUT2D eigenvalue weighted by Gasteiger charge is -2.14. The number of carbonyl (C=O) groups is 1. The SMILES string of the molecule is CCCO[Si](CC(C)C)OC(C)=O. The third kappa shape index (κ3) is 7.99. The third-order valence-electron chi connectivity index (χ3n) is 1.30. The van der Waals surface area contributed by atoms with Crippen LogP contribution in [0, 0.1) is 5.92 Å². The lowest BCUT2D eigenvalue weighted by atomic mass is 10.3. The standard InChI is InChI=1S/C9H19O3Si/c1-5-6-11-13(7-8(2)3)12-9(4)10/h8H,5-7H2,1-4H3. The average molecular weight is 203 g/mol. The molecule has 0 saturated carbocycles. The van der Waals surface area contributed by atoms with Crippen molar-refractivity contribution in [1.29, 1.82) is 0 Å². The van der Waals surface area contributed by atoms with Crippen molar-refractivity contribution in [3.63, 3.8) is 0 Å². The fraction of sp³-hybridized carbons (Fsp3) is 0.889. The first-order chi connectivity index (χ1) is 6.06. The first-order valence-corrected chi connectivity index (χ1v) is 6.25. The molecule has 0 atom stereocenters. The Balaban J connectivity index is 3.80. The van der Waals surface area contributed by atoms with Crippen LogP contribution in [-0.2, 0) is 13.6 Å². The summed E-state index contributed by atoms with van der Waals surface area (Å²) in [4.78, 5) is 10.7. The quantitative estimate of drug-likeness (QED) is 0.620. The summed E-state index contributed by atoms with van der Waals surface area (Å²) in [5.41, 5.74) is 0. The van der Waals surface area contributed by atoms with Crippen molar-refractivity contribution in [2.24, 2.45) is 5.92 Å². The van der Waals surface area contributed by atoms with Crippen molar-refractivity contribution in [1.82, 2.24) is 0 Å². The van der Waals surface area contributed by atoms with E-state index in [4.69, 9.17) is 8.85 Å². The zero-order chi connectivity index (χ0) is 10.3. The highest BCUT2D eigenvalue weighted by molar-refractivity contribution is 6.46. The van der Waals surface area contributed by atoms with Crippen molar-refractivity contribution in [2.45, 2.75) is 40.2 Å². The molecule has 4 heteroatoms. The summed E-state index contributed by atoms with van der Waals surface area (Å²) in [6.45, 7) is 8.37. The van der Waals surface area contributed by atoms with E-state index in [1.54, 1.807) is 0 Å². The second-order valence-corrected chi connectivity index (χ2v) is 5.06. The molecule has 3 nitrogen and oxygen atoms in total. The maximum Gasteiger partial charge on any atom is 0.460 e. The molecule has 0 aliphatic carbocycles. The van der Waals surface area contributed by atoms with Gasteiger partial charge in [0.05, 0.1) is 0 Å². The molecule has 13 heavy (non-hydrogen) atoms. The minimum absolute atomic E-state index is 0.231. The molecule has 0 aromatic heterocycles. The fourth-order valence-electron chi connectivity index (χ4n) is 0.840. The predicted molar refractivity (Wildman–Crippen MR) is 53.4 cm³/mol. The van der Waals surface area contributed by atoms with Crippen molar-refractivity contribution in [2.75, 3.05) is 6.61 Å². The van der Waals surface area contributed by atoms with Gasteiger partial charge in [0, 0.05) is 19.6 Å². The van der Waals surface area contributed by atoms with Crippen molar-refractivity contribution < 1.29 is 13.6 Å². The zero-order valence-corrected chi connectivity index (χ0v) is 9.92. The van der Waals surface area contributed by atoms with Crippen molar-refractivity contribution in [3.8, 4) is 0 Å². The van der Waals surface area contributed by atoms with E-state index in [0.29, 0.717) is 12.5 Å². The maximum absolute atomic E-state index is 10.7. The van der Waals surface area contributed by atoms with Gasteiger partial charge in [-0.1, -0.05) is 20.8 Å². The smallest absolute Gasteiger partial charge is 0.460 e. The highest BCUT2D eigenvalue weighted by Gasteiger charge is 2.20. The fourth-order valence-corrected chi connectivity index (χ4v) is 2.52. The Morgan fingerprint density at radius 3 is 2.46 bits per heavy atom. The van der Waals surface area contributed by atoms with Crippen LogP contribution in [0.25, 0.3) is 0 Å². The van der Waals surface area contributed by atoms with E-state index in [1.165, 1.54) is 6.92 Å². The Morgan fingerprint density at radius 1 is 1.46 bits per heavy atom. The van der Waals surface area contributed by atoms with Gasteiger partial charge in [0.15, 0.2) is 0 Å². The topological polar surface area (TPSA) is 35.5 Å². The Hall–Kier alpha value is -0.353. The average Bonchev–Trinajstić information content (AvgIpc) is 1.98. The lowest BCUT2D eigenvalue weighted by Crippen LogP contribution is -2.27. The van der Waals surface area contributed by atoms with E-state index in [1.807, 2.05) is 6.92 Å². The van der Waals surface area contributed by atoms with Gasteiger partial charge >= 0.3 is 9.28 Å². The van der Waals surface area contributed by atoms with Crippen LogP contribution in [0.3, 0.4) is 0 Å². The summed E-state index contributed by atoms with van der Waals surface area (Å²) >= 11 is 0. The molecule has 1 radical (unpaired) electrons. The lowest BCUT2D eigenvalue weighted by molar-refractivity contribution is -0.133. The summed E-state index contributed by atoms with van der Waals surface area (Å²) < 4.78 is 10.6. The van der Waals surface area contributed by atoms with Crippen LogP contribution < -0.4 is 0 Å². The molecule has 0 fully saturated rings. The van der Waals surface area contributed by atoms with Crippen molar-refractivity contribution in [3.05, 3.63) is 0 Å². The molecule has 0 unspecified atom stereocenters. The Labute approximate surface area is 82.3 Å². The number of rotatable bonds is 6. The molecule has 0 aromatic carbocycles. The molecular formula is C9H19O3Si. The van der Waals surface area contributed by atoms with Gasteiger partial charge in [0.25, 0.3) is 5.97 Å². The van der Waals surface area contributed by atoms with E-state index in [-0.39, 0.29) is 5.97 Å². The van der Waals surface area contributed by atoms with E-state index < -0.39 is 9.28 Å². The summed E-state index contributed by atoms with van der Waals surface area (Å²) in [7, 11) is -1.36. The van der Waals surface area contributed by atoms with Gasteiger partial charge in [-0.3, -0.25) is 4.79 Å². The molecule has 0 saturated heterocycles. The van der Waals surface area contributed by atoms with Gasteiger partial charge in [0.1, 0.15) is 0 Å². The summed E-state index contributed by atoms with van der Waals surface area (Å²) in [6.07, 6.45) is 0.966. The van der Waals surface area contributed by atoms with Crippen LogP contribution >= 0.6 is 0 Å². The first-order valence-electron chi connectivity index (χ1n) is 4.73. The predicted octanol–water partition coefficient (Wildman–Crippen LogP) is 2.12. The van der Waals surface area contributed by atoms with Crippen molar-refractivity contribution >= 4 is 15.3 Å². The summed E-state index contributed by atoms with van der Waals surface area (Å²) in [5.74, 6) is 0.288. The molecule has 0 aliphatic rings. The van der Waals surface area contributed by atoms with Gasteiger partial charge in [-0.2, -0.15) is 0 Å². The molecule has 0 aromatic rings. The minimum Gasteiger partial charge on any atom is -0.492 e. The minimum atomic E-state index is -1.36. The number of hydrogen-bond acceptors (Lipinski definition) is 3. The summed E-state index contributed by atoms with van der Waals surface area (Å²) in [5, 5.41) is 0. The van der Waals surface area contributed by atoms with E-state index in [0.717, 1.165) is 12.5 Å². The van der Waals surface area contributed by atoms with Crippen LogP contribution in [0.1, 0.15) is 34.1 Å². The van der Waals surface area contributed by atoms with E-state index in [2.05, 4.69) is 13.8 Å². The highest BCUT2D eigenvalue weighted by Crippen LogP contribution is 2.08. The molecule has 0 spiro atoms. The molecule has 0 N–H and O–H groups in total. The number of hydrogen-bond donors (Lipinski definition) is 0.